The molecule has 1 atom stereocenters. The van der Waals surface area contributed by atoms with Crippen molar-refractivity contribution in [2.24, 2.45) is 0 Å². The number of nitrogens with zero attached hydrogens (tertiary/aromatic N) is 1. The maximum Gasteiger partial charge on any atom is 0.147 e. The molecule has 0 amide bonds. The molecule has 0 bridgehead atoms. The summed E-state index contributed by atoms with van der Waals surface area (Å²) >= 11 is 3.12. The van der Waals surface area contributed by atoms with Gasteiger partial charge in [0.05, 0.1) is 16.5 Å². The van der Waals surface area contributed by atoms with Gasteiger partial charge in [0.1, 0.15) is 11.6 Å². The third-order valence-corrected chi connectivity index (χ3v) is 2.87. The van der Waals surface area contributed by atoms with E-state index in [9.17, 15) is 9.18 Å². The highest BCUT2D eigenvalue weighted by Gasteiger charge is 2.14. The molecule has 0 aliphatic carbocycles. The van der Waals surface area contributed by atoms with Crippen LogP contribution in [0.15, 0.2) is 18.2 Å². The van der Waals surface area contributed by atoms with E-state index in [0.717, 1.165) is 6.07 Å². The van der Waals surface area contributed by atoms with Crippen molar-refractivity contribution < 1.29 is 9.18 Å². The number of hydrogen-bond donors (Lipinski definition) is 0. The Labute approximate surface area is 89.5 Å². The minimum absolute atomic E-state index is 0.125. The van der Waals surface area contributed by atoms with Crippen molar-refractivity contribution in [3.05, 3.63) is 35.1 Å². The Morgan fingerprint density at radius 1 is 1.57 bits per heavy atom. The second-order valence-corrected chi connectivity index (χ2v) is 3.77. The van der Waals surface area contributed by atoms with E-state index in [1.165, 1.54) is 19.1 Å². The van der Waals surface area contributed by atoms with Crippen LogP contribution in [0.2, 0.25) is 0 Å². The van der Waals surface area contributed by atoms with E-state index in [0.29, 0.717) is 5.56 Å². The van der Waals surface area contributed by atoms with Crippen LogP contribution in [0.25, 0.3) is 0 Å². The van der Waals surface area contributed by atoms with Crippen molar-refractivity contribution in [1.82, 2.24) is 0 Å². The van der Waals surface area contributed by atoms with Crippen LogP contribution in [-0.4, -0.2) is 5.78 Å². The van der Waals surface area contributed by atoms with E-state index >= 15 is 0 Å². The summed E-state index contributed by atoms with van der Waals surface area (Å²) in [7, 11) is 0. The molecule has 0 aliphatic heterocycles. The predicted molar refractivity (Wildman–Crippen MR) is 53.5 cm³/mol. The predicted octanol–water partition coefficient (Wildman–Crippen LogP) is 2.72. The summed E-state index contributed by atoms with van der Waals surface area (Å²) in [5.41, 5.74) is 0.680. The summed E-state index contributed by atoms with van der Waals surface area (Å²) in [4.78, 5) is 10.5. The SMILES string of the molecule is CC(=O)C(Br)c1cc(F)cc(C#N)c1. The standard InChI is InChI=1S/C10H7BrFNO/c1-6(14)10(11)8-2-7(5-13)3-9(12)4-8/h2-4,10H,1H3. The molecular weight excluding hydrogens is 249 g/mol. The van der Waals surface area contributed by atoms with Gasteiger partial charge in [-0.2, -0.15) is 5.26 Å². The molecule has 14 heavy (non-hydrogen) atoms. The van der Waals surface area contributed by atoms with Crippen molar-refractivity contribution >= 4 is 21.7 Å². The lowest BCUT2D eigenvalue weighted by Crippen LogP contribution is -2.01. The second-order valence-electron chi connectivity index (χ2n) is 2.86. The number of benzene rings is 1. The monoisotopic (exact) mass is 255 g/mol. The van der Waals surface area contributed by atoms with Crippen LogP contribution in [0, 0.1) is 17.1 Å². The average molecular weight is 256 g/mol. The first kappa shape index (κ1) is 10.9. The summed E-state index contributed by atoms with van der Waals surface area (Å²) in [5, 5.41) is 8.59. The Morgan fingerprint density at radius 3 is 2.71 bits per heavy atom. The van der Waals surface area contributed by atoms with Gasteiger partial charge in [-0.3, -0.25) is 4.79 Å². The van der Waals surface area contributed by atoms with Crippen LogP contribution in [0.5, 0.6) is 0 Å². The van der Waals surface area contributed by atoms with Gasteiger partial charge >= 0.3 is 0 Å². The first-order valence-electron chi connectivity index (χ1n) is 3.89. The van der Waals surface area contributed by atoms with Gasteiger partial charge in [0.2, 0.25) is 0 Å². The number of Topliss-reactive ketones (excluding diaryl/α,β-unsaturated/α-hetero) is 1. The van der Waals surface area contributed by atoms with E-state index in [-0.39, 0.29) is 11.3 Å². The Bertz CT molecular complexity index is 411. The fraction of sp³-hybridized carbons (Fsp3) is 0.200. The van der Waals surface area contributed by atoms with E-state index in [4.69, 9.17) is 5.26 Å². The molecule has 4 heteroatoms. The molecule has 0 aromatic heterocycles. The first-order valence-corrected chi connectivity index (χ1v) is 4.81. The molecule has 0 saturated heterocycles. The second kappa shape index (κ2) is 4.34. The lowest BCUT2D eigenvalue weighted by molar-refractivity contribution is -0.116. The number of carbonyl (C=O) groups is 1. The number of halogens is 2. The number of ketones is 1. The van der Waals surface area contributed by atoms with Gasteiger partial charge in [0.25, 0.3) is 0 Å². The highest BCUT2D eigenvalue weighted by molar-refractivity contribution is 9.09. The van der Waals surface area contributed by atoms with Gasteiger partial charge in [-0.25, -0.2) is 4.39 Å². The van der Waals surface area contributed by atoms with Crippen LogP contribution in [0.1, 0.15) is 22.9 Å². The van der Waals surface area contributed by atoms with Crippen molar-refractivity contribution in [2.45, 2.75) is 11.8 Å². The van der Waals surface area contributed by atoms with E-state index in [1.807, 2.05) is 6.07 Å². The molecule has 2 nitrogen and oxygen atoms in total. The zero-order valence-corrected chi connectivity index (χ0v) is 9.01. The number of carbonyl (C=O) groups excluding carboxylic acids is 1. The first-order chi connectivity index (χ1) is 6.54. The lowest BCUT2D eigenvalue weighted by atomic mass is 10.1. The number of rotatable bonds is 2. The van der Waals surface area contributed by atoms with Gasteiger partial charge in [-0.15, -0.1) is 0 Å². The normalized spacial score (nSPS) is 11.9. The van der Waals surface area contributed by atoms with Gasteiger partial charge in [-0.1, -0.05) is 15.9 Å². The Kier molecular flexibility index (Phi) is 3.37. The van der Waals surface area contributed by atoms with Gasteiger partial charge in [-0.05, 0) is 30.7 Å². The smallest absolute Gasteiger partial charge is 0.147 e. The maximum absolute atomic E-state index is 13.0. The highest BCUT2D eigenvalue weighted by Crippen LogP contribution is 2.25. The molecule has 0 heterocycles. The Morgan fingerprint density at radius 2 is 2.21 bits per heavy atom. The fourth-order valence-electron chi connectivity index (χ4n) is 1.06. The Balaban J connectivity index is 3.17. The largest absolute Gasteiger partial charge is 0.298 e. The summed E-state index contributed by atoms with van der Waals surface area (Å²) in [6.45, 7) is 1.40. The minimum atomic E-state index is -0.551. The molecular formula is C10H7BrFNO. The molecule has 0 radical (unpaired) electrons. The molecule has 1 aromatic carbocycles. The average Bonchev–Trinajstić information content (AvgIpc) is 2.15. The third kappa shape index (κ3) is 2.39. The van der Waals surface area contributed by atoms with Crippen molar-refractivity contribution in [3.8, 4) is 6.07 Å². The fourth-order valence-corrected chi connectivity index (χ4v) is 1.32. The van der Waals surface area contributed by atoms with E-state index in [1.54, 1.807) is 0 Å². The van der Waals surface area contributed by atoms with Crippen molar-refractivity contribution in [1.29, 1.82) is 5.26 Å². The van der Waals surface area contributed by atoms with Crippen LogP contribution in [0.3, 0.4) is 0 Å². The number of hydrogen-bond acceptors (Lipinski definition) is 2. The molecule has 0 spiro atoms. The zero-order chi connectivity index (χ0) is 10.7. The van der Waals surface area contributed by atoms with Gasteiger partial charge < -0.3 is 0 Å². The molecule has 72 valence electrons. The quantitative estimate of drug-likeness (QED) is 0.763. The van der Waals surface area contributed by atoms with E-state index in [2.05, 4.69) is 15.9 Å². The summed E-state index contributed by atoms with van der Waals surface area (Å²) < 4.78 is 13.0. The molecule has 0 aliphatic rings. The summed E-state index contributed by atoms with van der Waals surface area (Å²) in [6.07, 6.45) is 0. The number of nitriles is 1. The lowest BCUT2D eigenvalue weighted by Gasteiger charge is -2.06. The molecule has 0 N–H and O–H groups in total. The van der Waals surface area contributed by atoms with Gasteiger partial charge in [0.15, 0.2) is 0 Å². The highest BCUT2D eigenvalue weighted by atomic mass is 79.9. The zero-order valence-electron chi connectivity index (χ0n) is 7.42. The van der Waals surface area contributed by atoms with Crippen LogP contribution < -0.4 is 0 Å². The molecule has 1 rings (SSSR count). The Hall–Kier alpha value is -1.21. The molecule has 0 fully saturated rings. The summed E-state index contributed by atoms with van der Waals surface area (Å²) in [6, 6.07) is 5.69. The van der Waals surface area contributed by atoms with Gasteiger partial charge in [0, 0.05) is 0 Å². The van der Waals surface area contributed by atoms with Crippen molar-refractivity contribution in [3.63, 3.8) is 0 Å². The van der Waals surface area contributed by atoms with Crippen LogP contribution in [0.4, 0.5) is 4.39 Å². The van der Waals surface area contributed by atoms with Crippen LogP contribution in [-0.2, 0) is 4.79 Å². The molecule has 1 unspecified atom stereocenters. The maximum atomic E-state index is 13.0. The topological polar surface area (TPSA) is 40.9 Å². The number of alkyl halides is 1. The van der Waals surface area contributed by atoms with Crippen molar-refractivity contribution in [2.75, 3.05) is 0 Å². The molecule has 1 aromatic rings. The minimum Gasteiger partial charge on any atom is -0.298 e. The molecule has 0 saturated carbocycles. The third-order valence-electron chi connectivity index (χ3n) is 1.70. The summed E-state index contributed by atoms with van der Waals surface area (Å²) in [5.74, 6) is -0.635. The van der Waals surface area contributed by atoms with Crippen LogP contribution >= 0.6 is 15.9 Å². The van der Waals surface area contributed by atoms with E-state index < -0.39 is 10.6 Å².